The third-order valence-electron chi connectivity index (χ3n) is 4.76. The van der Waals surface area contributed by atoms with E-state index in [1.165, 1.54) is 16.7 Å². The summed E-state index contributed by atoms with van der Waals surface area (Å²) >= 11 is 0. The first-order valence-electron chi connectivity index (χ1n) is 9.50. The summed E-state index contributed by atoms with van der Waals surface area (Å²) in [5, 5.41) is 7.70. The zero-order chi connectivity index (χ0) is 19.2. The molecule has 0 bridgehead atoms. The van der Waals surface area contributed by atoms with Gasteiger partial charge in [0.15, 0.2) is 0 Å². The molecule has 0 unspecified atom stereocenters. The van der Waals surface area contributed by atoms with Gasteiger partial charge < -0.3 is 9.84 Å². The summed E-state index contributed by atoms with van der Waals surface area (Å²) in [5.74, 6) is 1.21. The lowest BCUT2D eigenvalue weighted by Gasteiger charge is -2.18. The van der Waals surface area contributed by atoms with E-state index >= 15 is 0 Å². The number of hydrogen-bond donors (Lipinski definition) is 1. The van der Waals surface area contributed by atoms with Gasteiger partial charge >= 0.3 is 0 Å². The molecule has 0 saturated heterocycles. The number of rotatable bonds is 7. The number of aryl methyl sites for hydroxylation is 1. The first kappa shape index (κ1) is 18.1. The molecule has 4 nitrogen and oxygen atoms in total. The topological polar surface area (TPSA) is 51.0 Å². The van der Waals surface area contributed by atoms with Crippen LogP contribution in [-0.2, 0) is 13.0 Å². The minimum Gasteiger partial charge on any atom is -0.338 e. The highest BCUT2D eigenvalue weighted by atomic mass is 16.5. The molecule has 4 heteroatoms. The van der Waals surface area contributed by atoms with E-state index in [-0.39, 0.29) is 6.04 Å². The summed E-state index contributed by atoms with van der Waals surface area (Å²) in [6.07, 6.45) is 0.893. The molecule has 0 radical (unpaired) electrons. The largest absolute Gasteiger partial charge is 0.338 e. The molecule has 1 N–H and O–H groups in total. The van der Waals surface area contributed by atoms with Crippen molar-refractivity contribution in [2.75, 3.05) is 0 Å². The average molecular weight is 369 g/mol. The van der Waals surface area contributed by atoms with Crippen molar-refractivity contribution in [3.05, 3.63) is 108 Å². The van der Waals surface area contributed by atoms with Crippen LogP contribution in [0.5, 0.6) is 0 Å². The zero-order valence-electron chi connectivity index (χ0n) is 15.9. The van der Waals surface area contributed by atoms with Gasteiger partial charge in [-0.05, 0) is 24.5 Å². The lowest BCUT2D eigenvalue weighted by molar-refractivity contribution is 0.357. The molecule has 0 aliphatic rings. The maximum Gasteiger partial charge on any atom is 0.240 e. The van der Waals surface area contributed by atoms with Crippen molar-refractivity contribution in [3.63, 3.8) is 0 Å². The molecule has 0 aliphatic heterocycles. The highest BCUT2D eigenvalue weighted by molar-refractivity contribution is 5.54. The van der Waals surface area contributed by atoms with Crippen LogP contribution in [0.2, 0.25) is 0 Å². The molecular weight excluding hydrogens is 346 g/mol. The Morgan fingerprint density at radius 1 is 0.857 bits per heavy atom. The maximum absolute atomic E-state index is 5.46. The highest BCUT2D eigenvalue weighted by Gasteiger charge is 2.14. The van der Waals surface area contributed by atoms with E-state index in [2.05, 4.69) is 83.0 Å². The van der Waals surface area contributed by atoms with Gasteiger partial charge in [0.25, 0.3) is 0 Å². The smallest absolute Gasteiger partial charge is 0.240 e. The SMILES string of the molecule is Cc1ccc(-c2noc(CN[C@H](Cc3ccccc3)c3ccccc3)n2)cc1. The summed E-state index contributed by atoms with van der Waals surface area (Å²) in [4.78, 5) is 4.54. The third-order valence-corrected chi connectivity index (χ3v) is 4.76. The van der Waals surface area contributed by atoms with Gasteiger partial charge in [0, 0.05) is 11.6 Å². The molecule has 0 spiro atoms. The van der Waals surface area contributed by atoms with Crippen molar-refractivity contribution in [2.24, 2.45) is 0 Å². The lowest BCUT2D eigenvalue weighted by Crippen LogP contribution is -2.23. The first-order valence-corrected chi connectivity index (χ1v) is 9.50. The van der Waals surface area contributed by atoms with Crippen molar-refractivity contribution in [2.45, 2.75) is 25.9 Å². The average Bonchev–Trinajstić information content (AvgIpc) is 3.22. The van der Waals surface area contributed by atoms with Gasteiger partial charge in [-0.25, -0.2) is 0 Å². The van der Waals surface area contributed by atoms with Gasteiger partial charge in [0.1, 0.15) is 0 Å². The van der Waals surface area contributed by atoms with Crippen molar-refractivity contribution in [3.8, 4) is 11.4 Å². The van der Waals surface area contributed by atoms with Crippen molar-refractivity contribution >= 4 is 0 Å². The molecule has 4 rings (SSSR count). The van der Waals surface area contributed by atoms with Gasteiger partial charge in [-0.15, -0.1) is 0 Å². The van der Waals surface area contributed by atoms with E-state index in [4.69, 9.17) is 4.52 Å². The highest BCUT2D eigenvalue weighted by Crippen LogP contribution is 2.20. The van der Waals surface area contributed by atoms with E-state index < -0.39 is 0 Å². The molecule has 140 valence electrons. The van der Waals surface area contributed by atoms with Crippen LogP contribution in [0.1, 0.15) is 28.6 Å². The Balaban J connectivity index is 1.48. The van der Waals surface area contributed by atoms with Crippen molar-refractivity contribution < 1.29 is 4.52 Å². The summed E-state index contributed by atoms with van der Waals surface area (Å²) in [5.41, 5.74) is 4.70. The molecule has 0 fully saturated rings. The summed E-state index contributed by atoms with van der Waals surface area (Å²) in [6, 6.07) is 29.2. The fraction of sp³-hybridized carbons (Fsp3) is 0.167. The van der Waals surface area contributed by atoms with Crippen LogP contribution in [0.4, 0.5) is 0 Å². The van der Waals surface area contributed by atoms with Crippen LogP contribution in [0.3, 0.4) is 0 Å². The predicted octanol–water partition coefficient (Wildman–Crippen LogP) is 5.12. The maximum atomic E-state index is 5.46. The molecule has 0 saturated carbocycles. The van der Waals surface area contributed by atoms with Crippen LogP contribution in [0, 0.1) is 6.92 Å². The fourth-order valence-corrected chi connectivity index (χ4v) is 3.20. The Bertz CT molecular complexity index is 995. The van der Waals surface area contributed by atoms with Crippen LogP contribution in [0.15, 0.2) is 89.5 Å². The van der Waals surface area contributed by atoms with E-state index in [9.17, 15) is 0 Å². The molecule has 0 aliphatic carbocycles. The van der Waals surface area contributed by atoms with E-state index in [0.717, 1.165) is 12.0 Å². The van der Waals surface area contributed by atoms with Gasteiger partial charge in [-0.1, -0.05) is 95.6 Å². The Hall–Kier alpha value is -3.24. The van der Waals surface area contributed by atoms with Gasteiger partial charge in [0.2, 0.25) is 11.7 Å². The molecule has 3 aromatic carbocycles. The number of aromatic nitrogens is 2. The second-order valence-corrected chi connectivity index (χ2v) is 6.91. The molecule has 1 heterocycles. The van der Waals surface area contributed by atoms with E-state index in [1.54, 1.807) is 0 Å². The second kappa shape index (κ2) is 8.63. The minimum absolute atomic E-state index is 0.165. The van der Waals surface area contributed by atoms with Crippen molar-refractivity contribution in [1.82, 2.24) is 15.5 Å². The quantitative estimate of drug-likeness (QED) is 0.491. The molecular formula is C24H23N3O. The third kappa shape index (κ3) is 4.53. The van der Waals surface area contributed by atoms with Gasteiger partial charge in [-0.3, -0.25) is 0 Å². The fourth-order valence-electron chi connectivity index (χ4n) is 3.20. The predicted molar refractivity (Wildman–Crippen MR) is 111 cm³/mol. The summed E-state index contributed by atoms with van der Waals surface area (Å²) in [6.45, 7) is 2.58. The second-order valence-electron chi connectivity index (χ2n) is 6.91. The van der Waals surface area contributed by atoms with Crippen molar-refractivity contribution in [1.29, 1.82) is 0 Å². The van der Waals surface area contributed by atoms with Crippen LogP contribution in [-0.4, -0.2) is 10.1 Å². The van der Waals surface area contributed by atoms with E-state index in [0.29, 0.717) is 18.3 Å². The zero-order valence-corrected chi connectivity index (χ0v) is 15.9. The molecule has 28 heavy (non-hydrogen) atoms. The Morgan fingerprint density at radius 2 is 1.54 bits per heavy atom. The van der Waals surface area contributed by atoms with E-state index in [1.807, 2.05) is 24.3 Å². The standard InChI is InChI=1S/C24H23N3O/c1-18-12-14-21(15-13-18)24-26-23(28-27-24)17-25-22(20-10-6-3-7-11-20)16-19-8-4-2-5-9-19/h2-15,22,25H,16-17H2,1H3/t22-/m1/s1. The van der Waals surface area contributed by atoms with Crippen LogP contribution in [0.25, 0.3) is 11.4 Å². The molecule has 0 amide bonds. The monoisotopic (exact) mass is 369 g/mol. The molecule has 1 aromatic heterocycles. The van der Waals surface area contributed by atoms with Gasteiger partial charge in [0.05, 0.1) is 6.54 Å². The van der Waals surface area contributed by atoms with Gasteiger partial charge in [-0.2, -0.15) is 4.98 Å². The van der Waals surface area contributed by atoms with Crippen LogP contribution < -0.4 is 5.32 Å². The van der Waals surface area contributed by atoms with Crippen LogP contribution >= 0.6 is 0 Å². The number of hydrogen-bond acceptors (Lipinski definition) is 4. The Morgan fingerprint density at radius 3 is 2.25 bits per heavy atom. The normalized spacial score (nSPS) is 12.0. The Labute approximate surface area is 165 Å². The minimum atomic E-state index is 0.165. The Kier molecular flexibility index (Phi) is 5.59. The summed E-state index contributed by atoms with van der Waals surface area (Å²) < 4.78 is 5.46. The lowest BCUT2D eigenvalue weighted by atomic mass is 9.99. The first-order chi connectivity index (χ1) is 13.8. The summed E-state index contributed by atoms with van der Waals surface area (Å²) in [7, 11) is 0. The number of benzene rings is 3. The molecule has 1 atom stereocenters. The number of nitrogens with zero attached hydrogens (tertiary/aromatic N) is 2. The molecule has 4 aromatic rings. The number of nitrogens with one attached hydrogen (secondary N) is 1.